The third kappa shape index (κ3) is 3.42. The number of benzene rings is 1. The summed E-state index contributed by atoms with van der Waals surface area (Å²) in [4.78, 5) is 14.3. The van der Waals surface area contributed by atoms with Gasteiger partial charge in [-0.15, -0.1) is 0 Å². The fraction of sp³-hybridized carbons (Fsp3) is 0.632. The highest BCUT2D eigenvalue weighted by atomic mass is 16.5. The average Bonchev–Trinajstić information content (AvgIpc) is 2.64. The van der Waals surface area contributed by atoms with Gasteiger partial charge in [0.25, 0.3) is 0 Å². The van der Waals surface area contributed by atoms with Gasteiger partial charge >= 0.3 is 0 Å². The summed E-state index contributed by atoms with van der Waals surface area (Å²) in [5.74, 6) is 1.03. The fourth-order valence-electron chi connectivity index (χ4n) is 3.97. The topological polar surface area (TPSA) is 59.0 Å². The number of hydrogen-bond donors (Lipinski definition) is 1. The summed E-state index contributed by atoms with van der Waals surface area (Å²) in [6, 6.07) is 9.66. The first-order chi connectivity index (χ1) is 11.7. The molecule has 1 amide bonds. The van der Waals surface area contributed by atoms with Crippen LogP contribution in [0, 0.1) is 5.41 Å². The van der Waals surface area contributed by atoms with Crippen LogP contribution in [0.2, 0.25) is 0 Å². The van der Waals surface area contributed by atoms with Crippen LogP contribution in [0.15, 0.2) is 30.3 Å². The van der Waals surface area contributed by atoms with Crippen LogP contribution in [0.1, 0.15) is 32.1 Å². The van der Waals surface area contributed by atoms with Crippen molar-refractivity contribution in [2.24, 2.45) is 5.41 Å². The molecule has 1 aromatic rings. The second kappa shape index (κ2) is 7.53. The SMILES string of the molecule is CO[C@@H]1C[C@H](O)C12CCN(C(=O)CCCOc1ccccc1)CC2. The molecule has 2 fully saturated rings. The number of methoxy groups -OCH3 is 1. The van der Waals surface area contributed by atoms with Crippen molar-refractivity contribution in [3.8, 4) is 5.75 Å². The van der Waals surface area contributed by atoms with Crippen LogP contribution < -0.4 is 4.74 Å². The number of rotatable bonds is 6. The highest BCUT2D eigenvalue weighted by Gasteiger charge is 2.56. The number of amides is 1. The Kier molecular flexibility index (Phi) is 5.41. The quantitative estimate of drug-likeness (QED) is 0.811. The van der Waals surface area contributed by atoms with Crippen LogP contribution >= 0.6 is 0 Å². The van der Waals surface area contributed by atoms with Crippen molar-refractivity contribution >= 4 is 5.91 Å². The maximum absolute atomic E-state index is 12.3. The Hall–Kier alpha value is -1.59. The minimum absolute atomic E-state index is 0.123. The Bertz CT molecular complexity index is 540. The van der Waals surface area contributed by atoms with E-state index in [0.717, 1.165) is 44.5 Å². The van der Waals surface area contributed by atoms with Crippen molar-refractivity contribution in [3.05, 3.63) is 30.3 Å². The van der Waals surface area contributed by atoms with Crippen LogP contribution in [0.5, 0.6) is 5.75 Å². The number of nitrogens with zero attached hydrogens (tertiary/aromatic N) is 1. The zero-order valence-corrected chi connectivity index (χ0v) is 14.3. The van der Waals surface area contributed by atoms with Gasteiger partial charge < -0.3 is 19.5 Å². The summed E-state index contributed by atoms with van der Waals surface area (Å²) in [6.07, 6.45) is 3.48. The molecule has 2 aliphatic rings. The molecule has 1 aromatic carbocycles. The molecule has 24 heavy (non-hydrogen) atoms. The Morgan fingerprint density at radius 1 is 1.29 bits per heavy atom. The lowest BCUT2D eigenvalue weighted by Gasteiger charge is -2.56. The van der Waals surface area contributed by atoms with E-state index in [0.29, 0.717) is 13.0 Å². The summed E-state index contributed by atoms with van der Waals surface area (Å²) < 4.78 is 11.1. The highest BCUT2D eigenvalue weighted by Crippen LogP contribution is 2.50. The van der Waals surface area contributed by atoms with Crippen molar-refractivity contribution in [1.82, 2.24) is 4.90 Å². The fourth-order valence-corrected chi connectivity index (χ4v) is 3.97. The Labute approximate surface area is 143 Å². The maximum Gasteiger partial charge on any atom is 0.222 e. The van der Waals surface area contributed by atoms with Crippen molar-refractivity contribution in [2.45, 2.75) is 44.3 Å². The molecule has 0 bridgehead atoms. The molecular formula is C19H27NO4. The zero-order valence-electron chi connectivity index (χ0n) is 14.3. The number of ether oxygens (including phenoxy) is 2. The third-order valence-electron chi connectivity index (χ3n) is 5.62. The van der Waals surface area contributed by atoms with Gasteiger partial charge in [-0.05, 0) is 31.4 Å². The van der Waals surface area contributed by atoms with Crippen LogP contribution in [-0.2, 0) is 9.53 Å². The lowest BCUT2D eigenvalue weighted by molar-refractivity contribution is -0.202. The molecule has 1 saturated heterocycles. The average molecular weight is 333 g/mol. The minimum Gasteiger partial charge on any atom is -0.494 e. The van der Waals surface area contributed by atoms with E-state index in [2.05, 4.69) is 0 Å². The van der Waals surface area contributed by atoms with E-state index in [-0.39, 0.29) is 23.5 Å². The van der Waals surface area contributed by atoms with Crippen LogP contribution in [0.4, 0.5) is 0 Å². The molecule has 3 rings (SSSR count). The van der Waals surface area contributed by atoms with Crippen molar-refractivity contribution in [3.63, 3.8) is 0 Å². The van der Waals surface area contributed by atoms with E-state index < -0.39 is 0 Å². The normalized spacial score (nSPS) is 25.3. The third-order valence-corrected chi connectivity index (χ3v) is 5.62. The van der Waals surface area contributed by atoms with Gasteiger partial charge in [-0.25, -0.2) is 0 Å². The van der Waals surface area contributed by atoms with Crippen LogP contribution in [0.3, 0.4) is 0 Å². The van der Waals surface area contributed by atoms with E-state index in [4.69, 9.17) is 9.47 Å². The van der Waals surface area contributed by atoms with Gasteiger partial charge in [-0.2, -0.15) is 0 Å². The second-order valence-electron chi connectivity index (χ2n) is 6.85. The molecule has 1 N–H and O–H groups in total. The number of para-hydroxylation sites is 1. The molecule has 1 spiro atoms. The Balaban J connectivity index is 1.38. The molecular weight excluding hydrogens is 306 g/mol. The summed E-state index contributed by atoms with van der Waals surface area (Å²) in [5.41, 5.74) is -0.123. The summed E-state index contributed by atoms with van der Waals surface area (Å²) in [5, 5.41) is 10.1. The first kappa shape index (κ1) is 17.2. The monoisotopic (exact) mass is 333 g/mol. The molecule has 5 heteroatoms. The second-order valence-corrected chi connectivity index (χ2v) is 6.85. The molecule has 0 radical (unpaired) electrons. The molecule has 1 saturated carbocycles. The molecule has 1 heterocycles. The van der Waals surface area contributed by atoms with Crippen LogP contribution in [-0.4, -0.2) is 54.9 Å². The van der Waals surface area contributed by atoms with E-state index >= 15 is 0 Å². The maximum atomic E-state index is 12.3. The molecule has 1 aliphatic carbocycles. The minimum atomic E-state index is -0.279. The number of carbonyl (C=O) groups is 1. The summed E-state index contributed by atoms with van der Waals surface area (Å²) >= 11 is 0. The van der Waals surface area contributed by atoms with Gasteiger partial charge in [0.05, 0.1) is 18.8 Å². The predicted molar refractivity (Wildman–Crippen MR) is 90.8 cm³/mol. The molecule has 5 nitrogen and oxygen atoms in total. The van der Waals surface area contributed by atoms with Crippen LogP contribution in [0.25, 0.3) is 0 Å². The van der Waals surface area contributed by atoms with Gasteiger partial charge in [-0.1, -0.05) is 18.2 Å². The smallest absolute Gasteiger partial charge is 0.222 e. The van der Waals surface area contributed by atoms with E-state index in [1.54, 1.807) is 7.11 Å². The molecule has 2 atom stereocenters. The molecule has 1 aliphatic heterocycles. The number of aliphatic hydroxyl groups excluding tert-OH is 1. The Morgan fingerprint density at radius 3 is 2.62 bits per heavy atom. The van der Waals surface area contributed by atoms with Crippen molar-refractivity contribution in [2.75, 3.05) is 26.8 Å². The number of likely N-dealkylation sites (tertiary alicyclic amines) is 1. The summed E-state index contributed by atoms with van der Waals surface area (Å²) in [6.45, 7) is 1.99. The Morgan fingerprint density at radius 2 is 2.00 bits per heavy atom. The van der Waals surface area contributed by atoms with Gasteiger partial charge in [0.15, 0.2) is 0 Å². The van der Waals surface area contributed by atoms with Crippen molar-refractivity contribution in [1.29, 1.82) is 0 Å². The zero-order chi connectivity index (χ0) is 17.0. The van der Waals surface area contributed by atoms with Gasteiger partial charge in [0.2, 0.25) is 5.91 Å². The largest absolute Gasteiger partial charge is 0.494 e. The van der Waals surface area contributed by atoms with Crippen molar-refractivity contribution < 1.29 is 19.4 Å². The molecule has 0 unspecified atom stereocenters. The lowest BCUT2D eigenvalue weighted by atomic mass is 9.58. The van der Waals surface area contributed by atoms with Gasteiger partial charge in [-0.3, -0.25) is 4.79 Å². The first-order valence-corrected chi connectivity index (χ1v) is 8.82. The first-order valence-electron chi connectivity index (χ1n) is 8.82. The highest BCUT2D eigenvalue weighted by molar-refractivity contribution is 5.76. The molecule has 0 aromatic heterocycles. The number of hydrogen-bond acceptors (Lipinski definition) is 4. The number of aliphatic hydroxyl groups is 1. The van der Waals surface area contributed by atoms with Gasteiger partial charge in [0.1, 0.15) is 5.75 Å². The number of carbonyl (C=O) groups excluding carboxylic acids is 1. The van der Waals surface area contributed by atoms with E-state index in [1.807, 2.05) is 35.2 Å². The number of piperidine rings is 1. The molecule has 132 valence electrons. The van der Waals surface area contributed by atoms with E-state index in [9.17, 15) is 9.90 Å². The standard InChI is InChI=1S/C19H27NO4/c1-23-17-14-16(21)19(17)9-11-20(12-10-19)18(22)8-5-13-24-15-6-3-2-4-7-15/h2-4,6-7,16-17,21H,5,8-14H2,1H3/t16-,17+/m0/s1. The lowest BCUT2D eigenvalue weighted by Crippen LogP contribution is -2.62. The van der Waals surface area contributed by atoms with E-state index in [1.165, 1.54) is 0 Å². The summed E-state index contributed by atoms with van der Waals surface area (Å²) in [7, 11) is 1.71. The predicted octanol–water partition coefficient (Wildman–Crippen LogP) is 2.23. The van der Waals surface area contributed by atoms with Gasteiger partial charge in [0, 0.05) is 38.5 Å².